The van der Waals surface area contributed by atoms with E-state index >= 15 is 0 Å². The Morgan fingerprint density at radius 1 is 0.900 bits per heavy atom. The van der Waals surface area contributed by atoms with Crippen molar-refractivity contribution in [3.63, 3.8) is 0 Å². The molecule has 2 aliphatic heterocycles. The number of nitrogens with zero attached hydrogens (tertiary/aromatic N) is 1. The fourth-order valence-electron chi connectivity index (χ4n) is 4.99. The van der Waals surface area contributed by atoms with Crippen LogP contribution in [0.1, 0.15) is 49.7 Å². The number of benzene rings is 1. The summed E-state index contributed by atoms with van der Waals surface area (Å²) in [5.41, 5.74) is 9.45. The highest BCUT2D eigenvalue weighted by Crippen LogP contribution is 2.38. The summed E-state index contributed by atoms with van der Waals surface area (Å²) in [5, 5.41) is 0. The first-order valence-electron chi connectivity index (χ1n) is 8.41. The molecule has 0 saturated carbocycles. The van der Waals surface area contributed by atoms with Crippen molar-refractivity contribution in [2.75, 3.05) is 0 Å². The molecule has 2 saturated heterocycles. The summed E-state index contributed by atoms with van der Waals surface area (Å²) in [6.07, 6.45) is 10.5. The molecule has 2 fully saturated rings. The quantitative estimate of drug-likeness (QED) is 0.850. The maximum absolute atomic E-state index is 6.27. The molecule has 4 rings (SSSR count). The number of aryl methyl sites for hydroxylation is 1. The summed E-state index contributed by atoms with van der Waals surface area (Å²) in [4.78, 5) is 2.89. The van der Waals surface area contributed by atoms with Gasteiger partial charge in [0.2, 0.25) is 0 Å². The molecule has 3 unspecified atom stereocenters. The van der Waals surface area contributed by atoms with Gasteiger partial charge in [-0.3, -0.25) is 4.90 Å². The average Bonchev–Trinajstić information content (AvgIpc) is 2.46. The molecule has 2 bridgehead atoms. The van der Waals surface area contributed by atoms with Gasteiger partial charge in [-0.05, 0) is 56.1 Å². The summed E-state index contributed by atoms with van der Waals surface area (Å²) in [7, 11) is 0. The van der Waals surface area contributed by atoms with Crippen LogP contribution in [0.5, 0.6) is 0 Å². The van der Waals surface area contributed by atoms with Gasteiger partial charge in [0.25, 0.3) is 0 Å². The second-order valence-electron chi connectivity index (χ2n) is 7.08. The van der Waals surface area contributed by atoms with Crippen molar-refractivity contribution < 1.29 is 0 Å². The number of fused-ring (bicyclic) bond motifs is 3. The van der Waals surface area contributed by atoms with Gasteiger partial charge in [0.1, 0.15) is 0 Å². The van der Waals surface area contributed by atoms with Gasteiger partial charge in [0.05, 0.1) is 0 Å². The third-order valence-electron chi connectivity index (χ3n) is 5.81. The summed E-state index contributed by atoms with van der Waals surface area (Å²) in [6.45, 7) is 0. The smallest absolute Gasteiger partial charge is 0.0145 e. The van der Waals surface area contributed by atoms with Crippen molar-refractivity contribution in [1.29, 1.82) is 0 Å². The summed E-state index contributed by atoms with van der Waals surface area (Å²) < 4.78 is 0. The predicted molar refractivity (Wildman–Crippen MR) is 82.7 cm³/mol. The van der Waals surface area contributed by atoms with Crippen LogP contribution in [-0.2, 0) is 12.8 Å². The fourth-order valence-corrected chi connectivity index (χ4v) is 4.99. The third kappa shape index (κ3) is 2.19. The minimum atomic E-state index is 0.456. The highest BCUT2D eigenvalue weighted by Gasteiger charge is 2.41. The van der Waals surface area contributed by atoms with Crippen LogP contribution < -0.4 is 5.73 Å². The average molecular weight is 270 g/mol. The molecular weight excluding hydrogens is 244 g/mol. The molecule has 1 aromatic rings. The van der Waals surface area contributed by atoms with Gasteiger partial charge in [0, 0.05) is 24.2 Å². The Bertz CT molecular complexity index is 470. The molecule has 20 heavy (non-hydrogen) atoms. The molecule has 1 aromatic carbocycles. The zero-order valence-corrected chi connectivity index (χ0v) is 12.3. The SMILES string of the molecule is NC1CC2CCCC(C1)N2C1CCc2ccccc2C1. The Morgan fingerprint density at radius 2 is 1.60 bits per heavy atom. The van der Waals surface area contributed by atoms with E-state index in [2.05, 4.69) is 29.2 Å². The first-order valence-corrected chi connectivity index (χ1v) is 8.41. The van der Waals surface area contributed by atoms with Gasteiger partial charge >= 0.3 is 0 Å². The Kier molecular flexibility index (Phi) is 3.31. The molecule has 1 aliphatic carbocycles. The summed E-state index contributed by atoms with van der Waals surface area (Å²) >= 11 is 0. The lowest BCUT2D eigenvalue weighted by molar-refractivity contribution is -0.00972. The molecule has 108 valence electrons. The molecule has 2 heterocycles. The van der Waals surface area contributed by atoms with Crippen molar-refractivity contribution >= 4 is 0 Å². The van der Waals surface area contributed by atoms with E-state index in [-0.39, 0.29) is 0 Å². The molecule has 0 aromatic heterocycles. The molecule has 2 N–H and O–H groups in total. The molecule has 2 nitrogen and oxygen atoms in total. The number of nitrogens with two attached hydrogens (primary N) is 1. The minimum Gasteiger partial charge on any atom is -0.328 e. The first kappa shape index (κ1) is 12.8. The van der Waals surface area contributed by atoms with Crippen LogP contribution in [0.2, 0.25) is 0 Å². The standard InChI is InChI=1S/C18H26N2/c19-15-11-16-6-3-7-17(12-15)20(16)18-9-8-13-4-1-2-5-14(13)10-18/h1-2,4-5,15-18H,3,6-12,19H2. The van der Waals surface area contributed by atoms with E-state index in [9.17, 15) is 0 Å². The highest BCUT2D eigenvalue weighted by molar-refractivity contribution is 5.30. The Labute approximate surface area is 122 Å². The number of hydrogen-bond acceptors (Lipinski definition) is 2. The molecule has 0 spiro atoms. The zero-order chi connectivity index (χ0) is 13.5. The fraction of sp³-hybridized carbons (Fsp3) is 0.667. The summed E-state index contributed by atoms with van der Waals surface area (Å²) in [6, 6.07) is 11.8. The predicted octanol–water partition coefficient (Wildman–Crippen LogP) is 2.89. The Morgan fingerprint density at radius 3 is 2.35 bits per heavy atom. The van der Waals surface area contributed by atoms with Gasteiger partial charge in [-0.25, -0.2) is 0 Å². The topological polar surface area (TPSA) is 29.3 Å². The second-order valence-corrected chi connectivity index (χ2v) is 7.08. The molecule has 2 heteroatoms. The molecule has 0 radical (unpaired) electrons. The van der Waals surface area contributed by atoms with E-state index in [0.717, 1.165) is 18.1 Å². The van der Waals surface area contributed by atoms with Crippen LogP contribution in [0, 0.1) is 0 Å². The number of piperidine rings is 2. The van der Waals surface area contributed by atoms with Gasteiger partial charge in [-0.15, -0.1) is 0 Å². The van der Waals surface area contributed by atoms with Crippen molar-refractivity contribution in [3.05, 3.63) is 35.4 Å². The van der Waals surface area contributed by atoms with E-state index in [1.54, 1.807) is 11.1 Å². The van der Waals surface area contributed by atoms with Crippen LogP contribution in [-0.4, -0.2) is 29.1 Å². The lowest BCUT2D eigenvalue weighted by atomic mass is 9.78. The first-order chi connectivity index (χ1) is 9.81. The van der Waals surface area contributed by atoms with Crippen LogP contribution in [0.3, 0.4) is 0 Å². The lowest BCUT2D eigenvalue weighted by Gasteiger charge is -2.52. The third-order valence-corrected chi connectivity index (χ3v) is 5.81. The van der Waals surface area contributed by atoms with Crippen molar-refractivity contribution in [1.82, 2.24) is 4.90 Å². The summed E-state index contributed by atoms with van der Waals surface area (Å²) in [5.74, 6) is 0. The van der Waals surface area contributed by atoms with Crippen molar-refractivity contribution in [2.24, 2.45) is 5.73 Å². The maximum atomic E-state index is 6.27. The molecule has 3 atom stereocenters. The lowest BCUT2D eigenvalue weighted by Crippen LogP contribution is -2.59. The second kappa shape index (κ2) is 5.16. The zero-order valence-electron chi connectivity index (χ0n) is 12.3. The van der Waals surface area contributed by atoms with E-state index < -0.39 is 0 Å². The molecular formula is C18H26N2. The monoisotopic (exact) mass is 270 g/mol. The van der Waals surface area contributed by atoms with Crippen LogP contribution >= 0.6 is 0 Å². The Balaban J connectivity index is 1.56. The van der Waals surface area contributed by atoms with Gasteiger partial charge in [-0.1, -0.05) is 30.7 Å². The van der Waals surface area contributed by atoms with Crippen molar-refractivity contribution in [2.45, 2.75) is 75.5 Å². The number of hydrogen-bond donors (Lipinski definition) is 1. The number of rotatable bonds is 1. The molecule has 0 amide bonds. The highest BCUT2D eigenvalue weighted by atomic mass is 15.2. The van der Waals surface area contributed by atoms with Gasteiger partial charge in [-0.2, -0.15) is 0 Å². The van der Waals surface area contributed by atoms with E-state index in [0.29, 0.717) is 6.04 Å². The largest absolute Gasteiger partial charge is 0.328 e. The minimum absolute atomic E-state index is 0.456. The van der Waals surface area contributed by atoms with Gasteiger partial charge in [0.15, 0.2) is 0 Å². The van der Waals surface area contributed by atoms with E-state index in [1.807, 2.05) is 0 Å². The van der Waals surface area contributed by atoms with Crippen LogP contribution in [0.15, 0.2) is 24.3 Å². The van der Waals surface area contributed by atoms with E-state index in [1.165, 1.54) is 51.4 Å². The Hall–Kier alpha value is -0.860. The van der Waals surface area contributed by atoms with Crippen LogP contribution in [0.25, 0.3) is 0 Å². The van der Waals surface area contributed by atoms with E-state index in [4.69, 9.17) is 5.73 Å². The maximum Gasteiger partial charge on any atom is 0.0145 e. The van der Waals surface area contributed by atoms with Gasteiger partial charge < -0.3 is 5.73 Å². The van der Waals surface area contributed by atoms with Crippen LogP contribution in [0.4, 0.5) is 0 Å². The molecule has 3 aliphatic rings. The normalized spacial score (nSPS) is 37.5. The van der Waals surface area contributed by atoms with Crippen molar-refractivity contribution in [3.8, 4) is 0 Å².